The Kier molecular flexibility index (Phi) is 9.43. The smallest absolute Gasteiger partial charge is 0.193 e. The van der Waals surface area contributed by atoms with E-state index >= 15 is 0 Å². The highest BCUT2D eigenvalue weighted by molar-refractivity contribution is 14.0. The zero-order chi connectivity index (χ0) is 16.8. The topological polar surface area (TPSA) is 48.7 Å². The molecular formula is C16H31IN6S. The van der Waals surface area contributed by atoms with E-state index in [-0.39, 0.29) is 30.0 Å². The summed E-state index contributed by atoms with van der Waals surface area (Å²) in [4.78, 5) is 9.10. The number of likely N-dealkylation sites (N-methyl/N-ethyl adjacent to an activating group) is 1. The monoisotopic (exact) mass is 466 g/mol. The number of nitrogens with zero attached hydrogens (tertiary/aromatic N) is 5. The second-order valence-electron chi connectivity index (χ2n) is 6.20. The van der Waals surface area contributed by atoms with Crippen LogP contribution >= 0.6 is 35.7 Å². The van der Waals surface area contributed by atoms with E-state index in [1.54, 1.807) is 0 Å². The summed E-state index contributed by atoms with van der Waals surface area (Å²) < 4.78 is 1.86. The SMILES string of the molecule is CCC1CN(C(=NC)NCC(c2cnn(C)c2)N(C)C)CCS1.I. The molecule has 2 heterocycles. The van der Waals surface area contributed by atoms with E-state index in [0.29, 0.717) is 5.25 Å². The minimum atomic E-state index is 0. The Bertz CT molecular complexity index is 518. The first kappa shape index (κ1) is 21.6. The molecule has 1 saturated heterocycles. The standard InChI is InChI=1S/C16H30N6S.HI/c1-6-14-12-22(7-8-23-14)16(17-2)18-10-15(20(3)4)13-9-19-21(5)11-13;/h9,11,14-15H,6-8,10,12H2,1-5H3,(H,17,18);1H. The molecule has 138 valence electrons. The Morgan fingerprint density at radius 3 is 2.83 bits per heavy atom. The third-order valence-corrected chi connectivity index (χ3v) is 5.66. The average molecular weight is 466 g/mol. The molecule has 0 bridgehead atoms. The van der Waals surface area contributed by atoms with Crippen LogP contribution in [0.1, 0.15) is 24.9 Å². The number of guanidine groups is 1. The molecule has 0 amide bonds. The number of aliphatic imine (C=N–C) groups is 1. The van der Waals surface area contributed by atoms with Crippen molar-refractivity contribution in [2.45, 2.75) is 24.6 Å². The summed E-state index contributed by atoms with van der Waals surface area (Å²) >= 11 is 2.08. The first-order valence-electron chi connectivity index (χ1n) is 8.27. The van der Waals surface area contributed by atoms with Gasteiger partial charge in [0, 0.05) is 56.5 Å². The van der Waals surface area contributed by atoms with Crippen LogP contribution in [-0.2, 0) is 7.05 Å². The van der Waals surface area contributed by atoms with Crippen LogP contribution in [-0.4, -0.2) is 77.3 Å². The molecule has 0 spiro atoms. The third kappa shape index (κ3) is 5.80. The summed E-state index contributed by atoms with van der Waals surface area (Å²) in [5.41, 5.74) is 1.22. The van der Waals surface area contributed by atoms with Crippen LogP contribution in [0.3, 0.4) is 0 Å². The van der Waals surface area contributed by atoms with E-state index in [1.807, 2.05) is 25.0 Å². The van der Waals surface area contributed by atoms with Gasteiger partial charge in [-0.05, 0) is 20.5 Å². The van der Waals surface area contributed by atoms with Gasteiger partial charge >= 0.3 is 0 Å². The van der Waals surface area contributed by atoms with Crippen molar-refractivity contribution < 1.29 is 0 Å². The molecule has 1 aromatic heterocycles. The third-order valence-electron chi connectivity index (χ3n) is 4.29. The number of thioether (sulfide) groups is 1. The summed E-state index contributed by atoms with van der Waals surface area (Å²) in [7, 11) is 8.04. The molecule has 1 aliphatic rings. The molecule has 2 atom stereocenters. The summed E-state index contributed by atoms with van der Waals surface area (Å²) in [6, 6.07) is 0.279. The Morgan fingerprint density at radius 1 is 1.54 bits per heavy atom. The van der Waals surface area contributed by atoms with Crippen molar-refractivity contribution in [1.82, 2.24) is 24.9 Å². The second kappa shape index (κ2) is 10.5. The maximum absolute atomic E-state index is 4.49. The lowest BCUT2D eigenvalue weighted by atomic mass is 10.1. The molecule has 24 heavy (non-hydrogen) atoms. The minimum Gasteiger partial charge on any atom is -0.354 e. The Balaban J connectivity index is 0.00000288. The van der Waals surface area contributed by atoms with Gasteiger partial charge in [0.1, 0.15) is 0 Å². The molecular weight excluding hydrogens is 435 g/mol. The Morgan fingerprint density at radius 2 is 2.29 bits per heavy atom. The van der Waals surface area contributed by atoms with Crippen molar-refractivity contribution in [2.75, 3.05) is 46.5 Å². The summed E-state index contributed by atoms with van der Waals surface area (Å²) in [6.45, 7) is 5.24. The van der Waals surface area contributed by atoms with Gasteiger partial charge in [-0.1, -0.05) is 6.92 Å². The number of hydrogen-bond donors (Lipinski definition) is 1. The molecule has 0 aliphatic carbocycles. The van der Waals surface area contributed by atoms with Crippen molar-refractivity contribution in [2.24, 2.45) is 12.0 Å². The molecule has 2 rings (SSSR count). The molecule has 1 fully saturated rings. The van der Waals surface area contributed by atoms with E-state index in [4.69, 9.17) is 0 Å². The Hall–Kier alpha value is -0.480. The highest BCUT2D eigenvalue weighted by Crippen LogP contribution is 2.21. The predicted octanol–water partition coefficient (Wildman–Crippen LogP) is 2.04. The quantitative estimate of drug-likeness (QED) is 0.409. The fourth-order valence-corrected chi connectivity index (χ4v) is 4.07. The summed E-state index contributed by atoms with van der Waals surface area (Å²) in [5, 5.41) is 8.57. The number of aromatic nitrogens is 2. The molecule has 0 radical (unpaired) electrons. The van der Waals surface area contributed by atoms with E-state index < -0.39 is 0 Å². The first-order chi connectivity index (χ1) is 11.0. The van der Waals surface area contributed by atoms with Crippen LogP contribution in [0.2, 0.25) is 0 Å². The van der Waals surface area contributed by atoms with Crippen LogP contribution in [0.15, 0.2) is 17.4 Å². The van der Waals surface area contributed by atoms with Crippen molar-refractivity contribution in [1.29, 1.82) is 0 Å². The molecule has 6 nitrogen and oxygen atoms in total. The zero-order valence-corrected chi connectivity index (χ0v) is 18.5. The van der Waals surface area contributed by atoms with Crippen molar-refractivity contribution in [3.63, 3.8) is 0 Å². The van der Waals surface area contributed by atoms with Crippen LogP contribution < -0.4 is 5.32 Å². The van der Waals surface area contributed by atoms with E-state index in [1.165, 1.54) is 17.7 Å². The lowest BCUT2D eigenvalue weighted by Crippen LogP contribution is -2.49. The van der Waals surface area contributed by atoms with Crippen molar-refractivity contribution in [3.05, 3.63) is 18.0 Å². The maximum Gasteiger partial charge on any atom is 0.193 e. The second-order valence-corrected chi connectivity index (χ2v) is 7.61. The van der Waals surface area contributed by atoms with Gasteiger partial charge in [-0.25, -0.2) is 0 Å². The first-order valence-corrected chi connectivity index (χ1v) is 9.32. The molecule has 2 unspecified atom stereocenters. The number of hydrogen-bond acceptors (Lipinski definition) is 4. The van der Waals surface area contributed by atoms with Gasteiger partial charge in [0.25, 0.3) is 0 Å². The fraction of sp³-hybridized carbons (Fsp3) is 0.750. The van der Waals surface area contributed by atoms with Gasteiger partial charge in [-0.2, -0.15) is 16.9 Å². The van der Waals surface area contributed by atoms with E-state index in [0.717, 1.165) is 25.6 Å². The van der Waals surface area contributed by atoms with Crippen molar-refractivity contribution >= 4 is 41.7 Å². The largest absolute Gasteiger partial charge is 0.354 e. The van der Waals surface area contributed by atoms with Gasteiger partial charge in [0.2, 0.25) is 0 Å². The van der Waals surface area contributed by atoms with Gasteiger partial charge in [-0.3, -0.25) is 9.67 Å². The number of aryl methyl sites for hydroxylation is 1. The van der Waals surface area contributed by atoms with Crippen LogP contribution in [0.5, 0.6) is 0 Å². The van der Waals surface area contributed by atoms with Gasteiger partial charge in [-0.15, -0.1) is 24.0 Å². The number of nitrogens with one attached hydrogen (secondary N) is 1. The lowest BCUT2D eigenvalue weighted by Gasteiger charge is -2.35. The van der Waals surface area contributed by atoms with E-state index in [9.17, 15) is 0 Å². The van der Waals surface area contributed by atoms with Crippen LogP contribution in [0.25, 0.3) is 0 Å². The predicted molar refractivity (Wildman–Crippen MR) is 115 cm³/mol. The molecule has 1 aromatic rings. The maximum atomic E-state index is 4.49. The highest BCUT2D eigenvalue weighted by Gasteiger charge is 2.23. The molecule has 8 heteroatoms. The fourth-order valence-electron chi connectivity index (χ4n) is 2.89. The minimum absolute atomic E-state index is 0. The summed E-state index contributed by atoms with van der Waals surface area (Å²) in [5.74, 6) is 2.19. The Labute approximate surface area is 167 Å². The normalized spacial score (nSPS) is 20.0. The number of rotatable bonds is 5. The zero-order valence-electron chi connectivity index (χ0n) is 15.4. The molecule has 0 saturated carbocycles. The van der Waals surface area contributed by atoms with Crippen LogP contribution in [0.4, 0.5) is 0 Å². The molecule has 1 N–H and O–H groups in total. The van der Waals surface area contributed by atoms with Gasteiger partial charge in [0.15, 0.2) is 5.96 Å². The molecule has 1 aliphatic heterocycles. The number of halogens is 1. The highest BCUT2D eigenvalue weighted by atomic mass is 127. The van der Waals surface area contributed by atoms with Crippen molar-refractivity contribution in [3.8, 4) is 0 Å². The lowest BCUT2D eigenvalue weighted by molar-refractivity contribution is 0.293. The van der Waals surface area contributed by atoms with Crippen LogP contribution in [0, 0.1) is 0 Å². The van der Waals surface area contributed by atoms with E-state index in [2.05, 4.69) is 64.2 Å². The summed E-state index contributed by atoms with van der Waals surface area (Å²) in [6.07, 6.45) is 5.24. The van der Waals surface area contributed by atoms with Gasteiger partial charge < -0.3 is 15.1 Å². The van der Waals surface area contributed by atoms with Gasteiger partial charge in [0.05, 0.1) is 12.2 Å². The average Bonchev–Trinajstić information content (AvgIpc) is 2.97. The molecule has 0 aromatic carbocycles.